The highest BCUT2D eigenvalue weighted by Gasteiger charge is 2.28. The second-order valence-corrected chi connectivity index (χ2v) is 10.9. The molecule has 0 aliphatic rings. The lowest BCUT2D eigenvalue weighted by Gasteiger charge is -2.26. The van der Waals surface area contributed by atoms with Crippen LogP contribution in [0.1, 0.15) is 22.0 Å². The Kier molecular flexibility index (Phi) is 8.83. The molecule has 1 unspecified atom stereocenters. The maximum absolute atomic E-state index is 14.3. The van der Waals surface area contributed by atoms with E-state index in [1.165, 1.54) is 39.9 Å². The average molecular weight is 608 g/mol. The number of amides is 1. The minimum Gasteiger partial charge on any atom is -0.508 e. The number of phenols is 1. The minimum absolute atomic E-state index is 0.000705. The maximum Gasteiger partial charge on any atom is 0.327 e. The van der Waals surface area contributed by atoms with Gasteiger partial charge in [0.25, 0.3) is 11.5 Å². The lowest BCUT2D eigenvalue weighted by molar-refractivity contribution is -0.141. The van der Waals surface area contributed by atoms with Crippen molar-refractivity contribution < 1.29 is 19.8 Å². The topological polar surface area (TPSA) is 103 Å². The number of benzene rings is 4. The zero-order chi connectivity index (χ0) is 31.4. The minimum atomic E-state index is -1.29. The van der Waals surface area contributed by atoms with Crippen LogP contribution in [-0.2, 0) is 11.2 Å². The Labute approximate surface area is 259 Å². The molecule has 0 fully saturated rings. The third kappa shape index (κ3) is 6.50. The van der Waals surface area contributed by atoms with Gasteiger partial charge in [-0.3, -0.25) is 19.1 Å². The zero-order valence-corrected chi connectivity index (χ0v) is 24.8. The van der Waals surface area contributed by atoms with E-state index < -0.39 is 23.5 Å². The van der Waals surface area contributed by atoms with Gasteiger partial charge in [-0.2, -0.15) is 0 Å². The molecule has 0 bridgehead atoms. The van der Waals surface area contributed by atoms with Gasteiger partial charge in [0.05, 0.1) is 0 Å². The molecule has 5 rings (SSSR count). The van der Waals surface area contributed by atoms with E-state index in [1.807, 2.05) is 43.3 Å². The normalized spacial score (nSPS) is 11.5. The summed E-state index contributed by atoms with van der Waals surface area (Å²) in [5.74, 6) is -1.72. The molecular formula is C35H30ClN3O5. The fourth-order valence-corrected chi connectivity index (χ4v) is 5.04. The molecule has 0 saturated carbocycles. The molecule has 4 aromatic carbocycles. The fourth-order valence-electron chi connectivity index (χ4n) is 4.91. The molecule has 2 N–H and O–H groups in total. The molecule has 222 valence electrons. The lowest BCUT2D eigenvalue weighted by Crippen LogP contribution is -2.37. The molecule has 1 atom stereocenters. The molecule has 0 radical (unpaired) electrons. The molecule has 1 heterocycles. The van der Waals surface area contributed by atoms with Crippen LogP contribution in [0.5, 0.6) is 5.75 Å². The predicted molar refractivity (Wildman–Crippen MR) is 173 cm³/mol. The number of carboxylic acid groups (broad SMARTS) is 1. The average Bonchev–Trinajstić information content (AvgIpc) is 3.03. The molecule has 1 aromatic heterocycles. The largest absolute Gasteiger partial charge is 0.508 e. The van der Waals surface area contributed by atoms with Crippen molar-refractivity contribution in [2.75, 3.05) is 23.9 Å². The maximum atomic E-state index is 14.3. The van der Waals surface area contributed by atoms with E-state index in [9.17, 15) is 24.6 Å². The fraction of sp³-hybridized carbons (Fsp3) is 0.114. The Bertz CT molecular complexity index is 1840. The highest BCUT2D eigenvalue weighted by molar-refractivity contribution is 6.30. The smallest absolute Gasteiger partial charge is 0.327 e. The number of anilines is 3. The van der Waals surface area contributed by atoms with Gasteiger partial charge >= 0.3 is 5.97 Å². The third-order valence-electron chi connectivity index (χ3n) is 7.28. The second-order valence-electron chi connectivity index (χ2n) is 10.5. The van der Waals surface area contributed by atoms with Crippen molar-refractivity contribution in [1.82, 2.24) is 4.57 Å². The first-order valence-corrected chi connectivity index (χ1v) is 14.2. The Morgan fingerprint density at radius 3 is 2.02 bits per heavy atom. The number of aromatic hydroxyl groups is 1. The van der Waals surface area contributed by atoms with E-state index in [4.69, 9.17) is 11.6 Å². The molecule has 0 aliphatic heterocycles. The Morgan fingerprint density at radius 1 is 0.818 bits per heavy atom. The Morgan fingerprint density at radius 2 is 1.43 bits per heavy atom. The molecule has 0 spiro atoms. The van der Waals surface area contributed by atoms with Gasteiger partial charge in [0.15, 0.2) is 0 Å². The van der Waals surface area contributed by atoms with Crippen molar-refractivity contribution in [3.63, 3.8) is 0 Å². The molecule has 5 aromatic rings. The molecule has 1 amide bonds. The van der Waals surface area contributed by atoms with E-state index in [2.05, 4.69) is 0 Å². The predicted octanol–water partition coefficient (Wildman–Crippen LogP) is 6.79. The van der Waals surface area contributed by atoms with E-state index >= 15 is 0 Å². The molecule has 8 nitrogen and oxygen atoms in total. The standard InChI is InChI=1S/C35H30ClN3O5/c1-37(2)28-14-10-24(11-15-28)26-21-31(34(42)38(22-26)32(35(43)44)20-23-8-12-27(36)13-9-23)39(29-16-18-30(40)19-17-29)33(41)25-6-4-3-5-7-25/h3-19,21-22,32,40H,20H2,1-2H3,(H,43,44). The first kappa shape index (κ1) is 30.1. The van der Waals surface area contributed by atoms with Crippen LogP contribution in [0.2, 0.25) is 5.02 Å². The lowest BCUT2D eigenvalue weighted by atomic mass is 10.0. The number of hydrogen-bond acceptors (Lipinski definition) is 5. The number of nitrogens with zero attached hydrogens (tertiary/aromatic N) is 3. The number of hydrogen-bond donors (Lipinski definition) is 2. The van der Waals surface area contributed by atoms with Gasteiger partial charge in [0.1, 0.15) is 17.5 Å². The van der Waals surface area contributed by atoms with Crippen molar-refractivity contribution >= 4 is 40.5 Å². The van der Waals surface area contributed by atoms with E-state index in [0.717, 1.165) is 11.3 Å². The van der Waals surface area contributed by atoms with Gasteiger partial charge in [-0.1, -0.05) is 54.1 Å². The summed E-state index contributed by atoms with van der Waals surface area (Å²) in [6.07, 6.45) is 1.52. The summed E-state index contributed by atoms with van der Waals surface area (Å²) in [6.45, 7) is 0. The molecule has 44 heavy (non-hydrogen) atoms. The van der Waals surface area contributed by atoms with Crippen LogP contribution in [-0.4, -0.2) is 40.8 Å². The highest BCUT2D eigenvalue weighted by Crippen LogP contribution is 2.32. The van der Waals surface area contributed by atoms with Crippen molar-refractivity contribution in [3.8, 4) is 16.9 Å². The Hall–Kier alpha value is -5.34. The number of carboxylic acids is 1. The van der Waals surface area contributed by atoms with Crippen molar-refractivity contribution in [2.24, 2.45) is 0 Å². The van der Waals surface area contributed by atoms with E-state index in [0.29, 0.717) is 27.4 Å². The van der Waals surface area contributed by atoms with Gasteiger partial charge in [0, 0.05) is 54.2 Å². The summed E-state index contributed by atoms with van der Waals surface area (Å²) in [5.41, 5.74) is 2.83. The number of halogens is 1. The first-order valence-electron chi connectivity index (χ1n) is 13.8. The summed E-state index contributed by atoms with van der Waals surface area (Å²) in [6, 6.07) is 29.0. The first-order chi connectivity index (χ1) is 21.1. The summed E-state index contributed by atoms with van der Waals surface area (Å²) in [4.78, 5) is 44.3. The molecule has 9 heteroatoms. The van der Waals surface area contributed by atoms with Crippen molar-refractivity contribution in [2.45, 2.75) is 12.5 Å². The summed E-state index contributed by atoms with van der Waals surface area (Å²) < 4.78 is 1.17. The quantitative estimate of drug-likeness (QED) is 0.191. The monoisotopic (exact) mass is 607 g/mol. The Balaban J connectivity index is 1.75. The summed E-state index contributed by atoms with van der Waals surface area (Å²) >= 11 is 6.05. The molecule has 0 aliphatic carbocycles. The van der Waals surface area contributed by atoms with Gasteiger partial charge in [-0.25, -0.2) is 4.79 Å². The number of carbonyl (C=O) groups excluding carboxylic acids is 1. The number of rotatable bonds is 9. The van der Waals surface area contributed by atoms with Crippen molar-refractivity contribution in [1.29, 1.82) is 0 Å². The third-order valence-corrected chi connectivity index (χ3v) is 7.53. The van der Waals surface area contributed by atoms with Crippen LogP contribution in [0.25, 0.3) is 11.1 Å². The van der Waals surface area contributed by atoms with Gasteiger partial charge in [-0.05, 0) is 77.9 Å². The van der Waals surface area contributed by atoms with Crippen molar-refractivity contribution in [3.05, 3.63) is 142 Å². The number of phenolic OH excluding ortho intramolecular Hbond substituents is 1. The van der Waals surface area contributed by atoms with Crippen LogP contribution in [0.4, 0.5) is 17.1 Å². The van der Waals surface area contributed by atoms with Crippen LogP contribution in [0.15, 0.2) is 120 Å². The number of aromatic nitrogens is 1. The number of pyridine rings is 1. The molecular weight excluding hydrogens is 578 g/mol. The van der Waals surface area contributed by atoms with Crippen LogP contribution < -0.4 is 15.4 Å². The van der Waals surface area contributed by atoms with Crippen LogP contribution >= 0.6 is 11.6 Å². The number of carbonyl (C=O) groups is 2. The molecule has 0 saturated heterocycles. The summed E-state index contributed by atoms with van der Waals surface area (Å²) in [5, 5.41) is 20.9. The summed E-state index contributed by atoms with van der Waals surface area (Å²) in [7, 11) is 3.85. The second kappa shape index (κ2) is 12.9. The van der Waals surface area contributed by atoms with E-state index in [-0.39, 0.29) is 17.9 Å². The van der Waals surface area contributed by atoms with Crippen LogP contribution in [0, 0.1) is 0 Å². The highest BCUT2D eigenvalue weighted by atomic mass is 35.5. The number of aliphatic carboxylic acids is 1. The van der Waals surface area contributed by atoms with Gasteiger partial charge < -0.3 is 15.1 Å². The SMILES string of the molecule is CN(C)c1ccc(-c2cc(N(C(=O)c3ccccc3)c3ccc(O)cc3)c(=O)n(C(Cc3ccc(Cl)cc3)C(=O)O)c2)cc1. The van der Waals surface area contributed by atoms with Gasteiger partial charge in [-0.15, -0.1) is 0 Å². The van der Waals surface area contributed by atoms with E-state index in [1.54, 1.807) is 60.7 Å². The van der Waals surface area contributed by atoms with Gasteiger partial charge in [0.2, 0.25) is 0 Å². The zero-order valence-electron chi connectivity index (χ0n) is 24.1. The van der Waals surface area contributed by atoms with Crippen LogP contribution in [0.3, 0.4) is 0 Å².